The molecule has 0 aliphatic rings. The van der Waals surface area contributed by atoms with Crippen molar-refractivity contribution in [3.8, 4) is 0 Å². The van der Waals surface area contributed by atoms with Crippen LogP contribution in [-0.2, 0) is 6.42 Å². The zero-order valence-electron chi connectivity index (χ0n) is 10.5. The first-order valence-corrected chi connectivity index (χ1v) is 7.07. The van der Waals surface area contributed by atoms with Crippen molar-refractivity contribution in [2.75, 3.05) is 0 Å². The lowest BCUT2D eigenvalue weighted by atomic mass is 9.99. The van der Waals surface area contributed by atoms with Crippen molar-refractivity contribution in [3.63, 3.8) is 0 Å². The highest BCUT2D eigenvalue weighted by Crippen LogP contribution is 2.30. The maximum absolute atomic E-state index is 6.22. The summed E-state index contributed by atoms with van der Waals surface area (Å²) in [7, 11) is 0. The molecule has 4 heteroatoms. The Hall–Kier alpha value is -0.730. The zero-order valence-corrected chi connectivity index (χ0v) is 12.7. The van der Waals surface area contributed by atoms with E-state index in [1.54, 1.807) is 6.07 Å². The molecule has 2 N–H and O–H groups in total. The Balaban J connectivity index is 2.25. The maximum atomic E-state index is 6.22. The summed E-state index contributed by atoms with van der Waals surface area (Å²) in [5.74, 6) is 0. The van der Waals surface area contributed by atoms with Gasteiger partial charge in [-0.05, 0) is 42.2 Å². The summed E-state index contributed by atoms with van der Waals surface area (Å²) in [5.41, 5.74) is 9.17. The lowest BCUT2D eigenvalue weighted by Gasteiger charge is -2.15. The Morgan fingerprint density at radius 1 is 1.05 bits per heavy atom. The fourth-order valence-corrected chi connectivity index (χ4v) is 2.76. The molecule has 0 aliphatic heterocycles. The van der Waals surface area contributed by atoms with E-state index < -0.39 is 0 Å². The van der Waals surface area contributed by atoms with Gasteiger partial charge in [-0.1, -0.05) is 59.1 Å². The van der Waals surface area contributed by atoms with E-state index >= 15 is 0 Å². The summed E-state index contributed by atoms with van der Waals surface area (Å²) < 4.78 is 0. The Morgan fingerprint density at radius 3 is 2.47 bits per heavy atom. The summed E-state index contributed by atoms with van der Waals surface area (Å²) >= 11 is 18.4. The number of halogens is 3. The second-order valence-electron chi connectivity index (χ2n) is 4.55. The van der Waals surface area contributed by atoms with E-state index in [9.17, 15) is 0 Å². The van der Waals surface area contributed by atoms with Crippen LogP contribution in [0.25, 0.3) is 0 Å². The standard InChI is InChI=1S/C15H14Cl3N/c1-9-5-6-11(13(17)7-9)14(19)8-10-3-2-4-12(16)15(10)18/h2-7,14H,8,19H2,1H3. The average Bonchev–Trinajstić information content (AvgIpc) is 2.34. The Kier molecular flexibility index (Phi) is 4.75. The minimum Gasteiger partial charge on any atom is -0.324 e. The fraction of sp³-hybridized carbons (Fsp3) is 0.200. The molecule has 0 aromatic heterocycles. The van der Waals surface area contributed by atoms with Crippen molar-refractivity contribution in [2.24, 2.45) is 5.73 Å². The normalized spacial score (nSPS) is 12.5. The first kappa shape index (κ1) is 14.7. The summed E-state index contributed by atoms with van der Waals surface area (Å²) in [6.07, 6.45) is 0.599. The molecule has 100 valence electrons. The number of hydrogen-bond donors (Lipinski definition) is 1. The molecule has 2 aromatic carbocycles. The summed E-state index contributed by atoms with van der Waals surface area (Å²) in [5, 5.41) is 1.79. The van der Waals surface area contributed by atoms with Crippen molar-refractivity contribution in [3.05, 3.63) is 68.2 Å². The van der Waals surface area contributed by atoms with Gasteiger partial charge in [-0.3, -0.25) is 0 Å². The zero-order chi connectivity index (χ0) is 14.0. The molecular weight excluding hydrogens is 301 g/mol. The van der Waals surface area contributed by atoms with Crippen LogP contribution in [0.4, 0.5) is 0 Å². The third-order valence-electron chi connectivity index (χ3n) is 3.03. The second-order valence-corrected chi connectivity index (χ2v) is 5.74. The van der Waals surface area contributed by atoms with Crippen molar-refractivity contribution >= 4 is 34.8 Å². The summed E-state index contributed by atoms with van der Waals surface area (Å²) in [6, 6.07) is 11.2. The number of hydrogen-bond acceptors (Lipinski definition) is 1. The molecule has 0 bridgehead atoms. The van der Waals surface area contributed by atoms with E-state index in [4.69, 9.17) is 40.5 Å². The third kappa shape index (κ3) is 3.43. The molecule has 1 atom stereocenters. The maximum Gasteiger partial charge on any atom is 0.0624 e. The number of nitrogens with two attached hydrogens (primary N) is 1. The van der Waals surface area contributed by atoms with Gasteiger partial charge < -0.3 is 5.73 Å². The van der Waals surface area contributed by atoms with Gasteiger partial charge >= 0.3 is 0 Å². The molecule has 0 saturated heterocycles. The van der Waals surface area contributed by atoms with Crippen LogP contribution in [0.2, 0.25) is 15.1 Å². The molecule has 1 nitrogen and oxygen atoms in total. The average molecular weight is 315 g/mol. The van der Waals surface area contributed by atoms with Gasteiger partial charge in [-0.15, -0.1) is 0 Å². The number of rotatable bonds is 3. The van der Waals surface area contributed by atoms with Crippen molar-refractivity contribution in [2.45, 2.75) is 19.4 Å². The van der Waals surface area contributed by atoms with Gasteiger partial charge in [-0.2, -0.15) is 0 Å². The second kappa shape index (κ2) is 6.15. The Morgan fingerprint density at radius 2 is 1.79 bits per heavy atom. The highest BCUT2D eigenvalue weighted by molar-refractivity contribution is 6.42. The summed E-state index contributed by atoms with van der Waals surface area (Å²) in [6.45, 7) is 2.00. The van der Waals surface area contributed by atoms with Crippen LogP contribution in [-0.4, -0.2) is 0 Å². The molecule has 0 saturated carbocycles. The van der Waals surface area contributed by atoms with Crippen LogP contribution >= 0.6 is 34.8 Å². The van der Waals surface area contributed by atoms with Crippen LogP contribution in [0.15, 0.2) is 36.4 Å². The van der Waals surface area contributed by atoms with Crippen molar-refractivity contribution < 1.29 is 0 Å². The van der Waals surface area contributed by atoms with Gasteiger partial charge in [0, 0.05) is 11.1 Å². The van der Waals surface area contributed by atoms with Gasteiger partial charge in [-0.25, -0.2) is 0 Å². The first-order chi connectivity index (χ1) is 8.99. The predicted octanol–water partition coefficient (Wildman–Crippen LogP) is 5.20. The predicted molar refractivity (Wildman–Crippen MR) is 83.3 cm³/mol. The van der Waals surface area contributed by atoms with Crippen LogP contribution in [0, 0.1) is 6.92 Å². The third-order valence-corrected chi connectivity index (χ3v) is 4.21. The highest BCUT2D eigenvalue weighted by Gasteiger charge is 2.13. The first-order valence-electron chi connectivity index (χ1n) is 5.93. The van der Waals surface area contributed by atoms with Gasteiger partial charge in [0.25, 0.3) is 0 Å². The largest absolute Gasteiger partial charge is 0.324 e. The minimum absolute atomic E-state index is 0.205. The molecular formula is C15H14Cl3N. The molecule has 2 rings (SSSR count). The van der Waals surface area contributed by atoms with Gasteiger partial charge in [0.1, 0.15) is 0 Å². The highest BCUT2D eigenvalue weighted by atomic mass is 35.5. The van der Waals surface area contributed by atoms with Crippen molar-refractivity contribution in [1.29, 1.82) is 0 Å². The Bertz CT molecular complexity index is 596. The molecule has 19 heavy (non-hydrogen) atoms. The molecule has 0 fully saturated rings. The lowest BCUT2D eigenvalue weighted by Crippen LogP contribution is -2.14. The van der Waals surface area contributed by atoms with Crippen LogP contribution < -0.4 is 5.73 Å². The van der Waals surface area contributed by atoms with E-state index in [0.717, 1.165) is 16.7 Å². The summed E-state index contributed by atoms with van der Waals surface area (Å²) in [4.78, 5) is 0. The molecule has 0 heterocycles. The fourth-order valence-electron chi connectivity index (χ4n) is 1.99. The SMILES string of the molecule is Cc1ccc(C(N)Cc2cccc(Cl)c2Cl)c(Cl)c1. The monoisotopic (exact) mass is 313 g/mol. The Labute approximate surface area is 128 Å². The van der Waals surface area contributed by atoms with Crippen molar-refractivity contribution in [1.82, 2.24) is 0 Å². The topological polar surface area (TPSA) is 26.0 Å². The minimum atomic E-state index is -0.205. The molecule has 0 radical (unpaired) electrons. The van der Waals surface area contributed by atoms with E-state index in [-0.39, 0.29) is 6.04 Å². The quantitative estimate of drug-likeness (QED) is 0.828. The van der Waals surface area contributed by atoms with E-state index in [1.807, 2.05) is 37.3 Å². The molecule has 2 aromatic rings. The van der Waals surface area contributed by atoms with Crippen LogP contribution in [0.5, 0.6) is 0 Å². The van der Waals surface area contributed by atoms with Crippen LogP contribution in [0.3, 0.4) is 0 Å². The van der Waals surface area contributed by atoms with Gasteiger partial charge in [0.15, 0.2) is 0 Å². The van der Waals surface area contributed by atoms with Gasteiger partial charge in [0.05, 0.1) is 10.0 Å². The number of benzene rings is 2. The smallest absolute Gasteiger partial charge is 0.0624 e. The number of aryl methyl sites for hydroxylation is 1. The van der Waals surface area contributed by atoms with Crippen LogP contribution in [0.1, 0.15) is 22.7 Å². The molecule has 0 aliphatic carbocycles. The van der Waals surface area contributed by atoms with Gasteiger partial charge in [0.2, 0.25) is 0 Å². The lowest BCUT2D eigenvalue weighted by molar-refractivity contribution is 0.722. The van der Waals surface area contributed by atoms with E-state index in [1.165, 1.54) is 0 Å². The molecule has 1 unspecified atom stereocenters. The molecule has 0 spiro atoms. The van der Waals surface area contributed by atoms with E-state index in [2.05, 4.69) is 0 Å². The van der Waals surface area contributed by atoms with E-state index in [0.29, 0.717) is 21.5 Å². The molecule has 0 amide bonds.